The van der Waals surface area contributed by atoms with Crippen molar-refractivity contribution in [1.82, 2.24) is 0 Å². The number of ether oxygens (including phenoxy) is 3. The fourth-order valence-corrected chi connectivity index (χ4v) is 7.40. The summed E-state index contributed by atoms with van der Waals surface area (Å²) in [6, 6.07) is 0. The van der Waals surface area contributed by atoms with E-state index in [1.54, 1.807) is 6.92 Å². The lowest BCUT2D eigenvalue weighted by molar-refractivity contribution is -0.232. The molecule has 0 aromatic carbocycles. The number of hydrogen-bond donors (Lipinski definition) is 3. The summed E-state index contributed by atoms with van der Waals surface area (Å²) >= 11 is 0. The topological polar surface area (TPSA) is 109 Å². The zero-order valence-corrected chi connectivity index (χ0v) is 23.4. The summed E-state index contributed by atoms with van der Waals surface area (Å²) in [6.07, 6.45) is 7.38. The van der Waals surface area contributed by atoms with E-state index in [9.17, 15) is 20.1 Å². The molecule has 0 amide bonds. The van der Waals surface area contributed by atoms with Crippen LogP contribution in [-0.2, 0) is 19.0 Å². The molecule has 2 aliphatic carbocycles. The van der Waals surface area contributed by atoms with E-state index < -0.39 is 41.6 Å². The van der Waals surface area contributed by atoms with E-state index >= 15 is 0 Å². The van der Waals surface area contributed by atoms with Gasteiger partial charge in [-0.05, 0) is 56.6 Å². The Balaban J connectivity index is 1.44. The molecule has 10 unspecified atom stereocenters. The predicted molar refractivity (Wildman–Crippen MR) is 140 cm³/mol. The van der Waals surface area contributed by atoms with E-state index in [-0.39, 0.29) is 23.9 Å². The minimum absolute atomic E-state index is 0.0213. The van der Waals surface area contributed by atoms with E-state index in [1.165, 1.54) is 6.42 Å². The maximum absolute atomic E-state index is 13.3. The molecule has 0 aromatic rings. The minimum atomic E-state index is -1.43. The molecular formula is C30H48O7. The van der Waals surface area contributed by atoms with Gasteiger partial charge in [-0.1, -0.05) is 59.1 Å². The van der Waals surface area contributed by atoms with E-state index in [4.69, 9.17) is 14.2 Å². The first-order valence-electron chi connectivity index (χ1n) is 14.4. The third-order valence-corrected chi connectivity index (χ3v) is 10.2. The zero-order chi connectivity index (χ0) is 27.2. The van der Waals surface area contributed by atoms with Gasteiger partial charge in [0.25, 0.3) is 0 Å². The normalized spacial score (nSPS) is 41.3. The first-order valence-corrected chi connectivity index (χ1v) is 14.4. The Kier molecular flexibility index (Phi) is 8.33. The van der Waals surface area contributed by atoms with E-state index in [0.717, 1.165) is 37.7 Å². The number of carbonyl (C=O) groups excluding carboxylic acids is 1. The summed E-state index contributed by atoms with van der Waals surface area (Å²) in [5, 5.41) is 32.2. The third kappa shape index (κ3) is 4.73. The number of hydrogen-bond acceptors (Lipinski definition) is 7. The molecule has 10 atom stereocenters. The van der Waals surface area contributed by atoms with Crippen LogP contribution in [0.5, 0.6) is 0 Å². The lowest BCUT2D eigenvalue weighted by Gasteiger charge is -2.54. The molecular weight excluding hydrogens is 472 g/mol. The van der Waals surface area contributed by atoms with Crippen LogP contribution in [0.1, 0.15) is 86.0 Å². The van der Waals surface area contributed by atoms with Gasteiger partial charge in [0.2, 0.25) is 5.79 Å². The Morgan fingerprint density at radius 3 is 2.70 bits per heavy atom. The van der Waals surface area contributed by atoms with Gasteiger partial charge in [0.05, 0.1) is 18.6 Å². The van der Waals surface area contributed by atoms with Crippen LogP contribution in [0.2, 0.25) is 0 Å². The maximum atomic E-state index is 13.3. The zero-order valence-electron chi connectivity index (χ0n) is 23.4. The minimum Gasteiger partial charge on any atom is -0.459 e. The summed E-state index contributed by atoms with van der Waals surface area (Å²) < 4.78 is 18.3. The quantitative estimate of drug-likeness (QED) is 0.161. The van der Waals surface area contributed by atoms with Crippen LogP contribution >= 0.6 is 0 Å². The van der Waals surface area contributed by atoms with Crippen LogP contribution in [0.25, 0.3) is 0 Å². The highest BCUT2D eigenvalue weighted by Gasteiger charge is 2.85. The highest BCUT2D eigenvalue weighted by molar-refractivity contribution is 5.73. The lowest BCUT2D eigenvalue weighted by atomic mass is 9.51. The maximum Gasteiger partial charge on any atom is 0.312 e. The van der Waals surface area contributed by atoms with Crippen molar-refractivity contribution >= 4 is 5.97 Å². The van der Waals surface area contributed by atoms with Crippen molar-refractivity contribution in [2.24, 2.45) is 29.1 Å². The Morgan fingerprint density at radius 1 is 1.30 bits per heavy atom. The van der Waals surface area contributed by atoms with Gasteiger partial charge >= 0.3 is 5.97 Å². The van der Waals surface area contributed by atoms with Gasteiger partial charge in [-0.2, -0.15) is 0 Å². The molecule has 2 saturated carbocycles. The summed E-state index contributed by atoms with van der Waals surface area (Å²) in [6.45, 7) is 14.5. The van der Waals surface area contributed by atoms with Crippen LogP contribution < -0.4 is 0 Å². The second-order valence-electron chi connectivity index (χ2n) is 12.5. The first kappa shape index (κ1) is 28.8. The fraction of sp³-hybridized carbons (Fsp3) is 0.833. The molecule has 210 valence electrons. The number of fused-ring (bicyclic) bond motifs is 2. The van der Waals surface area contributed by atoms with Gasteiger partial charge in [-0.3, -0.25) is 4.79 Å². The SMILES string of the molecule is C=C1COC2(O)C1CC1(C)C(C)CCC(OC(=O)C(C)C(O)C(C)=CC(CO)CCCCCC)C13OC23. The lowest BCUT2D eigenvalue weighted by Crippen LogP contribution is -2.64. The molecule has 0 radical (unpaired) electrons. The van der Waals surface area contributed by atoms with E-state index in [1.807, 2.05) is 13.0 Å². The Bertz CT molecular complexity index is 900. The van der Waals surface area contributed by atoms with Crippen LogP contribution in [0.4, 0.5) is 0 Å². The van der Waals surface area contributed by atoms with Gasteiger partial charge in [-0.15, -0.1) is 0 Å². The van der Waals surface area contributed by atoms with Crippen LogP contribution in [0.3, 0.4) is 0 Å². The highest BCUT2D eigenvalue weighted by atomic mass is 16.7. The monoisotopic (exact) mass is 520 g/mol. The number of rotatable bonds is 11. The van der Waals surface area contributed by atoms with Gasteiger partial charge in [-0.25, -0.2) is 0 Å². The standard InChI is InChI=1S/C30H48O7/c1-7-8-9-10-11-22(16-31)14-18(2)25(32)21(5)26(33)36-24-13-12-20(4)28(6)15-23-19(3)17-35-30(23,34)27-29(24,28)37-27/h14,20-25,27,31-32,34H,3,7-13,15-17H2,1-2,4-6H3. The van der Waals surface area contributed by atoms with E-state index in [0.29, 0.717) is 30.9 Å². The number of aliphatic hydroxyl groups excluding tert-OH is 2. The third-order valence-electron chi connectivity index (χ3n) is 10.2. The average Bonchev–Trinajstić information content (AvgIpc) is 3.59. The van der Waals surface area contributed by atoms with Gasteiger partial charge in [0.15, 0.2) is 0 Å². The van der Waals surface area contributed by atoms with Crippen molar-refractivity contribution in [3.8, 4) is 0 Å². The predicted octanol–water partition coefficient (Wildman–Crippen LogP) is 4.29. The van der Waals surface area contributed by atoms with Gasteiger partial charge < -0.3 is 29.5 Å². The van der Waals surface area contributed by atoms with Crippen LogP contribution in [0, 0.1) is 29.1 Å². The number of epoxide rings is 1. The molecule has 37 heavy (non-hydrogen) atoms. The molecule has 1 spiro atoms. The summed E-state index contributed by atoms with van der Waals surface area (Å²) in [5.74, 6) is -2.57. The largest absolute Gasteiger partial charge is 0.459 e. The number of aliphatic hydroxyl groups is 3. The second kappa shape index (κ2) is 10.7. The fourth-order valence-electron chi connectivity index (χ4n) is 7.40. The number of esters is 1. The molecule has 2 saturated heterocycles. The Morgan fingerprint density at radius 2 is 2.03 bits per heavy atom. The van der Waals surface area contributed by atoms with Crippen LogP contribution in [-0.4, -0.2) is 64.2 Å². The molecule has 4 rings (SSSR count). The molecule has 4 fully saturated rings. The highest BCUT2D eigenvalue weighted by Crippen LogP contribution is 2.72. The molecule has 0 aromatic heterocycles. The molecule has 4 aliphatic rings. The summed E-state index contributed by atoms with van der Waals surface area (Å²) in [4.78, 5) is 13.3. The van der Waals surface area contributed by atoms with Crippen molar-refractivity contribution in [2.75, 3.05) is 13.2 Å². The van der Waals surface area contributed by atoms with Gasteiger partial charge in [0, 0.05) is 23.9 Å². The van der Waals surface area contributed by atoms with Gasteiger partial charge in [0.1, 0.15) is 17.8 Å². The molecule has 0 bridgehead atoms. The van der Waals surface area contributed by atoms with Crippen molar-refractivity contribution in [2.45, 2.75) is 116 Å². The molecule has 7 heteroatoms. The van der Waals surface area contributed by atoms with Crippen LogP contribution in [0.15, 0.2) is 23.8 Å². The second-order valence-corrected chi connectivity index (χ2v) is 12.5. The van der Waals surface area contributed by atoms with Crippen molar-refractivity contribution < 1.29 is 34.3 Å². The van der Waals surface area contributed by atoms with Crippen molar-refractivity contribution in [3.63, 3.8) is 0 Å². The number of unbranched alkanes of at least 4 members (excludes halogenated alkanes) is 3. The summed E-state index contributed by atoms with van der Waals surface area (Å²) in [7, 11) is 0. The first-order chi connectivity index (χ1) is 17.5. The van der Waals surface area contributed by atoms with Crippen molar-refractivity contribution in [3.05, 3.63) is 23.8 Å². The smallest absolute Gasteiger partial charge is 0.312 e. The Hall–Kier alpha value is -1.25. The molecule has 2 aliphatic heterocycles. The molecule has 3 N–H and O–H groups in total. The van der Waals surface area contributed by atoms with Crippen molar-refractivity contribution in [1.29, 1.82) is 0 Å². The molecule has 2 heterocycles. The average molecular weight is 521 g/mol. The van der Waals surface area contributed by atoms with E-state index in [2.05, 4.69) is 27.4 Å². The molecule has 7 nitrogen and oxygen atoms in total. The summed E-state index contributed by atoms with van der Waals surface area (Å²) in [5.41, 5.74) is 0.474. The number of carbonyl (C=O) groups is 1. The Labute approximate surface area is 222 Å².